The van der Waals surface area contributed by atoms with E-state index < -0.39 is 11.7 Å². The molecule has 4 unspecified atom stereocenters. The van der Waals surface area contributed by atoms with Crippen molar-refractivity contribution in [1.29, 1.82) is 0 Å². The van der Waals surface area contributed by atoms with Crippen molar-refractivity contribution in [3.05, 3.63) is 60.2 Å². The van der Waals surface area contributed by atoms with E-state index in [1.54, 1.807) is 23.2 Å². The molecule has 0 radical (unpaired) electrons. The smallest absolute Gasteiger partial charge is 0.417 e. The summed E-state index contributed by atoms with van der Waals surface area (Å²) in [6.07, 6.45) is 2.37. The Balaban J connectivity index is 1.24. The number of alkyl halides is 3. The van der Waals surface area contributed by atoms with Gasteiger partial charge in [0.2, 0.25) is 5.88 Å². The highest BCUT2D eigenvalue weighted by molar-refractivity contribution is 5.97. The van der Waals surface area contributed by atoms with Gasteiger partial charge in [0.05, 0.1) is 29.6 Å². The van der Waals surface area contributed by atoms with Crippen LogP contribution >= 0.6 is 0 Å². The molecule has 0 bridgehead atoms. The van der Waals surface area contributed by atoms with Gasteiger partial charge in [0.25, 0.3) is 5.91 Å². The number of likely N-dealkylation sites (tertiary alicyclic amines) is 1. The van der Waals surface area contributed by atoms with Crippen molar-refractivity contribution in [2.45, 2.75) is 31.2 Å². The molecule has 32 heavy (non-hydrogen) atoms. The second-order valence-electron chi connectivity index (χ2n) is 8.47. The number of carbonyl (C=O) groups is 1. The number of halogens is 3. The lowest BCUT2D eigenvalue weighted by Crippen LogP contribution is -2.59. The third-order valence-electron chi connectivity index (χ3n) is 6.78. The van der Waals surface area contributed by atoms with Gasteiger partial charge in [-0.2, -0.15) is 23.4 Å². The summed E-state index contributed by atoms with van der Waals surface area (Å²) in [5.41, 5.74) is -0.400. The molecule has 0 N–H and O–H groups in total. The Morgan fingerprint density at radius 2 is 1.91 bits per heavy atom. The maximum atomic E-state index is 13.5. The second-order valence-corrected chi connectivity index (χ2v) is 8.47. The molecule has 1 aliphatic heterocycles. The van der Waals surface area contributed by atoms with Gasteiger partial charge in [-0.3, -0.25) is 4.79 Å². The Kier molecular flexibility index (Phi) is 3.90. The van der Waals surface area contributed by atoms with Crippen LogP contribution in [0.25, 0.3) is 5.82 Å². The standard InChI is InChI=1S/C21H17F3N6O2/c22-21(23,24)12-3-4-16(26-10-12)32-15-9-20-8-13(20)11-29(17(15)20)19(31)14-2-1-5-25-18(14)30-27-6-7-28-30/h1-7,10,13,15,17H,8-9,11H2. The highest BCUT2D eigenvalue weighted by Gasteiger charge is 2.76. The van der Waals surface area contributed by atoms with Crippen LogP contribution in [0.3, 0.4) is 0 Å². The first-order chi connectivity index (χ1) is 15.4. The fourth-order valence-electron chi connectivity index (χ4n) is 5.23. The summed E-state index contributed by atoms with van der Waals surface area (Å²) in [4.78, 5) is 24.7. The molecular formula is C21H17F3N6O2. The molecule has 4 heterocycles. The first kappa shape index (κ1) is 19.2. The van der Waals surface area contributed by atoms with E-state index in [0.717, 1.165) is 25.1 Å². The van der Waals surface area contributed by atoms with Crippen LogP contribution < -0.4 is 4.74 Å². The van der Waals surface area contributed by atoms with Gasteiger partial charge in [-0.1, -0.05) is 0 Å². The van der Waals surface area contributed by atoms with Gasteiger partial charge >= 0.3 is 6.18 Å². The van der Waals surface area contributed by atoms with E-state index >= 15 is 0 Å². The lowest BCUT2D eigenvalue weighted by molar-refractivity contribution is -0.137. The van der Waals surface area contributed by atoms with Gasteiger partial charge in [0, 0.05) is 30.4 Å². The van der Waals surface area contributed by atoms with Crippen LogP contribution in [0.2, 0.25) is 0 Å². The lowest BCUT2D eigenvalue weighted by Gasteiger charge is -2.47. The third-order valence-corrected chi connectivity index (χ3v) is 6.78. The molecule has 8 nitrogen and oxygen atoms in total. The molecule has 3 aromatic heterocycles. The van der Waals surface area contributed by atoms with E-state index in [-0.39, 0.29) is 29.3 Å². The fraction of sp³-hybridized carbons (Fsp3) is 0.381. The molecule has 6 rings (SSSR count). The Morgan fingerprint density at radius 3 is 2.62 bits per heavy atom. The average Bonchev–Trinajstić information content (AvgIpc) is 3.14. The molecule has 4 atom stereocenters. The molecular weight excluding hydrogens is 425 g/mol. The van der Waals surface area contributed by atoms with E-state index in [4.69, 9.17) is 4.74 Å². The van der Waals surface area contributed by atoms with Gasteiger partial charge < -0.3 is 9.64 Å². The first-order valence-electron chi connectivity index (χ1n) is 10.2. The van der Waals surface area contributed by atoms with Crippen LogP contribution in [-0.2, 0) is 6.18 Å². The van der Waals surface area contributed by atoms with Crippen LogP contribution in [0.15, 0.2) is 49.1 Å². The summed E-state index contributed by atoms with van der Waals surface area (Å²) in [6, 6.07) is 5.40. The van der Waals surface area contributed by atoms with Crippen molar-refractivity contribution in [2.24, 2.45) is 11.3 Å². The maximum absolute atomic E-state index is 13.5. The van der Waals surface area contributed by atoms with E-state index in [2.05, 4.69) is 20.2 Å². The zero-order valence-electron chi connectivity index (χ0n) is 16.6. The number of aromatic nitrogens is 5. The van der Waals surface area contributed by atoms with Crippen LogP contribution in [-0.4, -0.2) is 54.5 Å². The number of ether oxygens (including phenoxy) is 1. The molecule has 3 aromatic rings. The Bertz CT molecular complexity index is 1180. The van der Waals surface area contributed by atoms with Crippen LogP contribution in [0.4, 0.5) is 13.2 Å². The summed E-state index contributed by atoms with van der Waals surface area (Å²) >= 11 is 0. The summed E-state index contributed by atoms with van der Waals surface area (Å²) in [5.74, 6) is 0.700. The molecule has 2 saturated carbocycles. The maximum Gasteiger partial charge on any atom is 0.417 e. The molecule has 164 valence electrons. The zero-order chi connectivity index (χ0) is 22.1. The molecule has 0 aromatic carbocycles. The minimum atomic E-state index is -4.45. The topological polar surface area (TPSA) is 86.0 Å². The van der Waals surface area contributed by atoms with Gasteiger partial charge in [-0.25, -0.2) is 9.97 Å². The highest BCUT2D eigenvalue weighted by atomic mass is 19.4. The predicted molar refractivity (Wildman–Crippen MR) is 103 cm³/mol. The summed E-state index contributed by atoms with van der Waals surface area (Å²) in [6.45, 7) is 0.616. The van der Waals surface area contributed by atoms with Crippen molar-refractivity contribution in [2.75, 3.05) is 6.54 Å². The number of hydrogen-bond donors (Lipinski definition) is 0. The number of carbonyl (C=O) groups excluding carboxylic acids is 1. The Hall–Kier alpha value is -3.50. The SMILES string of the molecule is O=C(c1cccnc1-n1nccn1)N1CC2CC23CC(Oc2ccc(C(F)(F)F)cn2)C13. The number of amides is 1. The minimum absolute atomic E-state index is 0.0402. The number of rotatable bonds is 4. The van der Waals surface area contributed by atoms with E-state index in [1.807, 2.05) is 0 Å². The predicted octanol–water partition coefficient (Wildman–Crippen LogP) is 2.76. The number of piperidine rings is 1. The summed E-state index contributed by atoms with van der Waals surface area (Å²) in [5, 5.41) is 8.16. The highest BCUT2D eigenvalue weighted by Crippen LogP contribution is 2.71. The largest absolute Gasteiger partial charge is 0.472 e. The molecule has 1 amide bonds. The Morgan fingerprint density at radius 1 is 1.09 bits per heavy atom. The van der Waals surface area contributed by atoms with Gasteiger partial charge in [-0.15, -0.1) is 4.80 Å². The van der Waals surface area contributed by atoms with Crippen molar-refractivity contribution in [3.63, 3.8) is 0 Å². The zero-order valence-corrected chi connectivity index (χ0v) is 16.6. The molecule has 11 heteroatoms. The average molecular weight is 442 g/mol. The van der Waals surface area contributed by atoms with E-state index in [0.29, 0.717) is 23.8 Å². The fourth-order valence-corrected chi connectivity index (χ4v) is 5.23. The molecule has 3 aliphatic rings. The number of pyridine rings is 2. The molecule has 2 aliphatic carbocycles. The summed E-state index contributed by atoms with van der Waals surface area (Å²) in [7, 11) is 0. The lowest BCUT2D eigenvalue weighted by atomic mass is 9.73. The summed E-state index contributed by atoms with van der Waals surface area (Å²) < 4.78 is 44.3. The van der Waals surface area contributed by atoms with E-state index in [1.165, 1.54) is 23.3 Å². The first-order valence-corrected chi connectivity index (χ1v) is 10.2. The minimum Gasteiger partial charge on any atom is -0.472 e. The normalized spacial score (nSPS) is 28.0. The van der Waals surface area contributed by atoms with Gasteiger partial charge in [0.1, 0.15) is 6.10 Å². The van der Waals surface area contributed by atoms with Gasteiger partial charge in [0.15, 0.2) is 5.82 Å². The van der Waals surface area contributed by atoms with Crippen LogP contribution in [0, 0.1) is 11.3 Å². The van der Waals surface area contributed by atoms with Crippen molar-refractivity contribution < 1.29 is 22.7 Å². The number of nitrogens with zero attached hydrogens (tertiary/aromatic N) is 6. The van der Waals surface area contributed by atoms with Crippen LogP contribution in [0.5, 0.6) is 5.88 Å². The third kappa shape index (κ3) is 2.80. The van der Waals surface area contributed by atoms with Crippen molar-refractivity contribution in [3.8, 4) is 11.7 Å². The molecule has 3 fully saturated rings. The quantitative estimate of drug-likeness (QED) is 0.618. The number of hydrogen-bond acceptors (Lipinski definition) is 6. The monoisotopic (exact) mass is 442 g/mol. The molecule has 1 saturated heterocycles. The molecule has 1 spiro atoms. The van der Waals surface area contributed by atoms with Crippen LogP contribution in [0.1, 0.15) is 28.8 Å². The van der Waals surface area contributed by atoms with Crippen molar-refractivity contribution >= 4 is 5.91 Å². The second kappa shape index (κ2) is 6.50. The van der Waals surface area contributed by atoms with Gasteiger partial charge in [-0.05, 0) is 37.0 Å². The van der Waals surface area contributed by atoms with Crippen molar-refractivity contribution in [1.82, 2.24) is 29.9 Å². The van der Waals surface area contributed by atoms with E-state index in [9.17, 15) is 18.0 Å². The Labute approximate surface area is 180 Å².